The van der Waals surface area contributed by atoms with Gasteiger partial charge in [-0.2, -0.15) is 0 Å². The number of halogens is 1. The van der Waals surface area contributed by atoms with E-state index in [9.17, 15) is 9.59 Å². The third-order valence-corrected chi connectivity index (χ3v) is 4.21. The number of hydrogen-bond donors (Lipinski definition) is 0. The summed E-state index contributed by atoms with van der Waals surface area (Å²) in [5.41, 5.74) is 1.90. The lowest BCUT2D eigenvalue weighted by atomic mass is 10.2. The van der Waals surface area contributed by atoms with E-state index in [1.54, 1.807) is 39.5 Å². The fraction of sp³-hybridized carbons (Fsp3) is 0.400. The van der Waals surface area contributed by atoms with Crippen molar-refractivity contribution in [3.05, 3.63) is 34.7 Å². The Hall–Kier alpha value is -2.08. The van der Waals surface area contributed by atoms with E-state index in [2.05, 4.69) is 4.98 Å². The van der Waals surface area contributed by atoms with Gasteiger partial charge in [-0.3, -0.25) is 14.0 Å². The number of carbonyl (C=O) groups excluding carboxylic acids is 2. The zero-order valence-corrected chi connectivity index (χ0v) is 13.3. The minimum Gasteiger partial charge on any atom is -0.339 e. The Morgan fingerprint density at radius 3 is 2.45 bits per heavy atom. The summed E-state index contributed by atoms with van der Waals surface area (Å²) in [6.45, 7) is 5.60. The van der Waals surface area contributed by atoms with Crippen LogP contribution in [0.2, 0.25) is 5.02 Å². The highest BCUT2D eigenvalue weighted by atomic mass is 35.5. The molecule has 22 heavy (non-hydrogen) atoms. The lowest BCUT2D eigenvalue weighted by Gasteiger charge is -2.34. The van der Waals surface area contributed by atoms with Gasteiger partial charge in [-0.15, -0.1) is 0 Å². The zero-order chi connectivity index (χ0) is 15.9. The highest BCUT2D eigenvalue weighted by Gasteiger charge is 2.26. The van der Waals surface area contributed by atoms with Crippen LogP contribution in [0.25, 0.3) is 5.65 Å². The molecule has 2 amide bonds. The molecular formula is C15H17ClN4O2. The van der Waals surface area contributed by atoms with Crippen LogP contribution < -0.4 is 0 Å². The first-order valence-corrected chi connectivity index (χ1v) is 7.54. The zero-order valence-electron chi connectivity index (χ0n) is 12.5. The number of carbonyl (C=O) groups is 2. The smallest absolute Gasteiger partial charge is 0.272 e. The molecule has 0 aliphatic carbocycles. The van der Waals surface area contributed by atoms with Gasteiger partial charge in [-0.25, -0.2) is 4.98 Å². The van der Waals surface area contributed by atoms with E-state index in [0.29, 0.717) is 48.2 Å². The predicted octanol–water partition coefficient (Wildman–Crippen LogP) is 1.60. The van der Waals surface area contributed by atoms with E-state index in [-0.39, 0.29) is 11.8 Å². The van der Waals surface area contributed by atoms with Gasteiger partial charge in [-0.05, 0) is 13.0 Å². The third-order valence-electron chi connectivity index (χ3n) is 3.98. The van der Waals surface area contributed by atoms with Gasteiger partial charge >= 0.3 is 0 Å². The normalized spacial score (nSPS) is 15.4. The van der Waals surface area contributed by atoms with Gasteiger partial charge in [0.15, 0.2) is 0 Å². The van der Waals surface area contributed by atoms with Crippen LogP contribution in [-0.2, 0) is 4.79 Å². The van der Waals surface area contributed by atoms with Gasteiger partial charge in [0, 0.05) is 50.4 Å². The van der Waals surface area contributed by atoms with E-state index in [1.807, 2.05) is 6.92 Å². The lowest BCUT2D eigenvalue weighted by Crippen LogP contribution is -2.50. The monoisotopic (exact) mass is 320 g/mol. The predicted molar refractivity (Wildman–Crippen MR) is 83.1 cm³/mol. The molecule has 1 aliphatic heterocycles. The molecule has 0 aromatic carbocycles. The number of hydrogen-bond acceptors (Lipinski definition) is 3. The summed E-state index contributed by atoms with van der Waals surface area (Å²) >= 11 is 5.97. The molecule has 0 bridgehead atoms. The summed E-state index contributed by atoms with van der Waals surface area (Å²) in [5.74, 6) is -0.0109. The SMILES string of the molecule is CC(=O)N1CCN(C(=O)c2c(C)nc3cc(Cl)ccn23)CC1. The molecule has 3 heterocycles. The number of imidazole rings is 1. The Morgan fingerprint density at radius 1 is 1.18 bits per heavy atom. The van der Waals surface area contributed by atoms with Crippen LogP contribution in [0.15, 0.2) is 18.3 Å². The minimum atomic E-state index is -0.0597. The Labute approximate surface area is 133 Å². The summed E-state index contributed by atoms with van der Waals surface area (Å²) < 4.78 is 1.76. The molecule has 6 nitrogen and oxygen atoms in total. The average Bonchev–Trinajstić information content (AvgIpc) is 2.81. The quantitative estimate of drug-likeness (QED) is 0.802. The molecule has 0 radical (unpaired) electrons. The first-order chi connectivity index (χ1) is 10.5. The Kier molecular flexibility index (Phi) is 3.78. The summed E-state index contributed by atoms with van der Waals surface area (Å²) in [6, 6.07) is 3.47. The van der Waals surface area contributed by atoms with Crippen LogP contribution in [0.5, 0.6) is 0 Å². The van der Waals surface area contributed by atoms with Crippen molar-refractivity contribution in [1.82, 2.24) is 19.2 Å². The second-order valence-electron chi connectivity index (χ2n) is 5.42. The number of pyridine rings is 1. The van der Waals surface area contributed by atoms with Crippen molar-refractivity contribution in [2.24, 2.45) is 0 Å². The highest BCUT2D eigenvalue weighted by Crippen LogP contribution is 2.18. The summed E-state index contributed by atoms with van der Waals surface area (Å²) in [4.78, 5) is 32.1. The molecule has 0 unspecified atom stereocenters. The van der Waals surface area contributed by atoms with E-state index in [0.717, 1.165) is 0 Å². The third kappa shape index (κ3) is 2.54. The highest BCUT2D eigenvalue weighted by molar-refractivity contribution is 6.30. The van der Waals surface area contributed by atoms with Crippen molar-refractivity contribution >= 4 is 29.1 Å². The minimum absolute atomic E-state index is 0.0488. The molecule has 1 aliphatic rings. The number of amides is 2. The van der Waals surface area contributed by atoms with Gasteiger partial charge in [0.2, 0.25) is 5.91 Å². The number of fused-ring (bicyclic) bond motifs is 1. The van der Waals surface area contributed by atoms with Gasteiger partial charge < -0.3 is 9.80 Å². The van der Waals surface area contributed by atoms with Gasteiger partial charge in [0.05, 0.1) is 5.69 Å². The van der Waals surface area contributed by atoms with Crippen LogP contribution in [0.1, 0.15) is 23.1 Å². The first kappa shape index (κ1) is 14.8. The van der Waals surface area contributed by atoms with Crippen molar-refractivity contribution in [3.63, 3.8) is 0 Å². The number of piperazine rings is 1. The fourth-order valence-corrected chi connectivity index (χ4v) is 2.92. The lowest BCUT2D eigenvalue weighted by molar-refractivity contribution is -0.130. The molecule has 3 rings (SSSR count). The second kappa shape index (κ2) is 5.61. The molecule has 116 valence electrons. The standard InChI is InChI=1S/C15H17ClN4O2/c1-10-14(20-4-3-12(16)9-13(20)17-10)15(22)19-7-5-18(6-8-19)11(2)21/h3-4,9H,5-8H2,1-2H3. The molecule has 2 aromatic heterocycles. The fourth-order valence-electron chi connectivity index (χ4n) is 2.77. The van der Waals surface area contributed by atoms with Gasteiger partial charge in [0.25, 0.3) is 5.91 Å². The second-order valence-corrected chi connectivity index (χ2v) is 5.85. The maximum absolute atomic E-state index is 12.8. The van der Waals surface area contributed by atoms with E-state index in [1.165, 1.54) is 0 Å². The van der Waals surface area contributed by atoms with E-state index < -0.39 is 0 Å². The van der Waals surface area contributed by atoms with Crippen LogP contribution in [0, 0.1) is 6.92 Å². The molecule has 0 spiro atoms. The van der Waals surface area contributed by atoms with Crippen LogP contribution >= 0.6 is 11.6 Å². The molecule has 1 fully saturated rings. The van der Waals surface area contributed by atoms with Crippen molar-refractivity contribution in [3.8, 4) is 0 Å². The molecule has 0 saturated carbocycles. The van der Waals surface area contributed by atoms with E-state index >= 15 is 0 Å². The summed E-state index contributed by atoms with van der Waals surface area (Å²) in [6.07, 6.45) is 1.76. The topological polar surface area (TPSA) is 57.9 Å². The summed E-state index contributed by atoms with van der Waals surface area (Å²) in [5, 5.41) is 0.589. The molecule has 1 saturated heterocycles. The Bertz CT molecular complexity index is 747. The molecule has 7 heteroatoms. The number of aromatic nitrogens is 2. The molecule has 0 N–H and O–H groups in total. The van der Waals surface area contributed by atoms with Crippen molar-refractivity contribution in [2.75, 3.05) is 26.2 Å². The van der Waals surface area contributed by atoms with Crippen LogP contribution in [0.3, 0.4) is 0 Å². The van der Waals surface area contributed by atoms with Crippen LogP contribution in [0.4, 0.5) is 0 Å². The van der Waals surface area contributed by atoms with E-state index in [4.69, 9.17) is 11.6 Å². The number of rotatable bonds is 1. The Balaban J connectivity index is 1.87. The van der Waals surface area contributed by atoms with Gasteiger partial charge in [-0.1, -0.05) is 11.6 Å². The average molecular weight is 321 g/mol. The number of nitrogens with zero attached hydrogens (tertiary/aromatic N) is 4. The van der Waals surface area contributed by atoms with Gasteiger partial charge in [0.1, 0.15) is 11.3 Å². The van der Waals surface area contributed by atoms with Crippen molar-refractivity contribution < 1.29 is 9.59 Å². The molecular weight excluding hydrogens is 304 g/mol. The number of aryl methyl sites for hydroxylation is 1. The maximum Gasteiger partial charge on any atom is 0.272 e. The maximum atomic E-state index is 12.8. The molecule has 2 aromatic rings. The van der Waals surface area contributed by atoms with Crippen LogP contribution in [-0.4, -0.2) is 57.2 Å². The largest absolute Gasteiger partial charge is 0.339 e. The van der Waals surface area contributed by atoms with Crippen molar-refractivity contribution in [2.45, 2.75) is 13.8 Å². The molecule has 0 atom stereocenters. The first-order valence-electron chi connectivity index (χ1n) is 7.16. The Morgan fingerprint density at radius 2 is 1.82 bits per heavy atom. The van der Waals surface area contributed by atoms with Crippen molar-refractivity contribution in [1.29, 1.82) is 0 Å². The summed E-state index contributed by atoms with van der Waals surface area (Å²) in [7, 11) is 0.